The van der Waals surface area contributed by atoms with E-state index in [-0.39, 0.29) is 5.13 Å². The predicted molar refractivity (Wildman–Crippen MR) is 118 cm³/mol. The Kier molecular flexibility index (Phi) is 3.90. The number of fused-ring (bicyclic) bond motifs is 2. The molecule has 6 rings (SSSR count). The first-order valence-corrected chi connectivity index (χ1v) is 10.3. The van der Waals surface area contributed by atoms with Gasteiger partial charge in [-0.1, -0.05) is 0 Å². The first kappa shape index (κ1) is 17.8. The van der Waals surface area contributed by atoms with Gasteiger partial charge >= 0.3 is 0 Å². The summed E-state index contributed by atoms with van der Waals surface area (Å²) >= 11 is 1.05. The number of H-pyrrole nitrogens is 2. The van der Waals surface area contributed by atoms with Crippen LogP contribution in [-0.2, 0) is 0 Å². The molecule has 2 N–H and O–H groups in total. The molecule has 0 spiro atoms. The van der Waals surface area contributed by atoms with Gasteiger partial charge < -0.3 is 4.98 Å². The van der Waals surface area contributed by atoms with E-state index in [1.807, 2.05) is 31.3 Å². The number of hydrogen-bond acceptors (Lipinski definition) is 6. The maximum absolute atomic E-state index is 13.6. The Morgan fingerprint density at radius 3 is 2.74 bits per heavy atom. The minimum Gasteiger partial charge on any atom is -0.336 e. The van der Waals surface area contributed by atoms with E-state index < -0.39 is 0 Å². The van der Waals surface area contributed by atoms with Crippen LogP contribution in [0.4, 0.5) is 4.39 Å². The van der Waals surface area contributed by atoms with Gasteiger partial charge in [0.1, 0.15) is 16.9 Å². The number of nitrogens with one attached hydrogen (secondary N) is 2. The number of halogens is 1. The van der Waals surface area contributed by atoms with Crippen molar-refractivity contribution in [2.24, 2.45) is 0 Å². The normalized spacial score (nSPS) is 11.5. The second kappa shape index (κ2) is 6.78. The van der Waals surface area contributed by atoms with E-state index in [4.69, 9.17) is 4.98 Å². The zero-order chi connectivity index (χ0) is 20.9. The smallest absolute Gasteiger partial charge is 0.177 e. The Bertz CT molecular complexity index is 1580. The molecule has 31 heavy (non-hydrogen) atoms. The summed E-state index contributed by atoms with van der Waals surface area (Å²) in [6, 6.07) is 8.94. The van der Waals surface area contributed by atoms with Crippen LogP contribution in [-0.4, -0.2) is 35.1 Å². The molecule has 0 saturated carbocycles. The lowest BCUT2D eigenvalue weighted by molar-refractivity contribution is 0.657. The van der Waals surface area contributed by atoms with Gasteiger partial charge in [-0.15, -0.1) is 11.3 Å². The van der Waals surface area contributed by atoms with Crippen LogP contribution in [0.3, 0.4) is 0 Å². The molecule has 6 heterocycles. The van der Waals surface area contributed by atoms with Crippen LogP contribution in [0.25, 0.3) is 55.3 Å². The lowest BCUT2D eigenvalue weighted by atomic mass is 10.1. The summed E-state index contributed by atoms with van der Waals surface area (Å²) in [4.78, 5) is 22.0. The number of aromatic amines is 2. The molecular formula is C22H14FN7S. The second-order valence-corrected chi connectivity index (χ2v) is 8.16. The van der Waals surface area contributed by atoms with Crippen molar-refractivity contribution in [2.75, 3.05) is 0 Å². The van der Waals surface area contributed by atoms with Crippen molar-refractivity contribution in [1.82, 2.24) is 35.1 Å². The first-order chi connectivity index (χ1) is 15.2. The first-order valence-electron chi connectivity index (χ1n) is 9.53. The molecule has 0 radical (unpaired) electrons. The molecular weight excluding hydrogens is 413 g/mol. The van der Waals surface area contributed by atoms with Crippen molar-refractivity contribution < 1.29 is 4.39 Å². The fourth-order valence-corrected chi connectivity index (χ4v) is 4.37. The Labute approximate surface area is 179 Å². The molecule has 150 valence electrons. The van der Waals surface area contributed by atoms with Crippen LogP contribution in [0.2, 0.25) is 0 Å². The van der Waals surface area contributed by atoms with Gasteiger partial charge in [-0.3, -0.25) is 20.1 Å². The summed E-state index contributed by atoms with van der Waals surface area (Å²) in [5.74, 6) is 0.604. The number of thiophene rings is 1. The molecule has 6 aromatic heterocycles. The highest BCUT2D eigenvalue weighted by Crippen LogP contribution is 2.33. The minimum atomic E-state index is -0.256. The van der Waals surface area contributed by atoms with E-state index in [0.717, 1.165) is 49.5 Å². The van der Waals surface area contributed by atoms with Gasteiger partial charge in [-0.25, -0.2) is 4.98 Å². The van der Waals surface area contributed by atoms with Crippen molar-refractivity contribution in [3.63, 3.8) is 0 Å². The quantitative estimate of drug-likeness (QED) is 0.408. The SMILES string of the molecule is Cc1ccncc1-c1cc2c(-c3nc4c(-c5ccc(F)s5)nccc4[nH]3)n[nH]c2cn1. The zero-order valence-electron chi connectivity index (χ0n) is 16.2. The third kappa shape index (κ3) is 2.89. The third-order valence-corrected chi connectivity index (χ3v) is 6.07. The topological polar surface area (TPSA) is 96.0 Å². The summed E-state index contributed by atoms with van der Waals surface area (Å²) in [5, 5.41) is 8.13. The molecule has 7 nitrogen and oxygen atoms in total. The van der Waals surface area contributed by atoms with E-state index >= 15 is 0 Å². The average Bonchev–Trinajstić information content (AvgIpc) is 3.50. The highest BCUT2D eigenvalue weighted by atomic mass is 32.1. The molecule has 0 unspecified atom stereocenters. The van der Waals surface area contributed by atoms with Gasteiger partial charge in [-0.2, -0.15) is 9.49 Å². The van der Waals surface area contributed by atoms with E-state index in [1.165, 1.54) is 6.07 Å². The molecule has 0 aliphatic carbocycles. The van der Waals surface area contributed by atoms with Crippen molar-refractivity contribution in [2.45, 2.75) is 6.92 Å². The Morgan fingerprint density at radius 2 is 1.90 bits per heavy atom. The third-order valence-electron chi connectivity index (χ3n) is 5.19. The molecule has 6 aromatic rings. The maximum atomic E-state index is 13.6. The van der Waals surface area contributed by atoms with Crippen LogP contribution in [0.1, 0.15) is 5.56 Å². The standard InChI is InChI=1S/C22H14FN7S/c1-11-4-6-24-9-13(11)15-8-12-16(10-26-15)29-30-19(12)22-27-14-5-7-25-21(20(14)28-22)17-2-3-18(23)31-17/h2-10H,1H3,(H,27,28)(H,29,30). The Morgan fingerprint density at radius 1 is 0.968 bits per heavy atom. The Hall–Kier alpha value is -3.98. The van der Waals surface area contributed by atoms with E-state index in [0.29, 0.717) is 22.7 Å². The minimum absolute atomic E-state index is 0.256. The van der Waals surface area contributed by atoms with E-state index in [1.54, 1.807) is 24.7 Å². The van der Waals surface area contributed by atoms with Crippen LogP contribution < -0.4 is 0 Å². The highest BCUT2D eigenvalue weighted by molar-refractivity contribution is 7.13. The van der Waals surface area contributed by atoms with Gasteiger partial charge in [0.15, 0.2) is 11.0 Å². The lowest BCUT2D eigenvalue weighted by Gasteiger charge is -2.04. The van der Waals surface area contributed by atoms with Crippen molar-refractivity contribution >= 4 is 33.3 Å². The average molecular weight is 427 g/mol. The number of nitrogens with zero attached hydrogens (tertiary/aromatic N) is 5. The van der Waals surface area contributed by atoms with E-state index in [9.17, 15) is 4.39 Å². The van der Waals surface area contributed by atoms with Gasteiger partial charge in [-0.05, 0) is 42.8 Å². The summed E-state index contributed by atoms with van der Waals surface area (Å²) in [6.07, 6.45) is 7.02. The van der Waals surface area contributed by atoms with Crippen LogP contribution in [0, 0.1) is 12.1 Å². The molecule has 9 heteroatoms. The summed E-state index contributed by atoms with van der Waals surface area (Å²) in [5.41, 5.74) is 6.48. The number of pyridine rings is 3. The van der Waals surface area contributed by atoms with Crippen molar-refractivity contribution in [1.29, 1.82) is 0 Å². The van der Waals surface area contributed by atoms with Gasteiger partial charge in [0.2, 0.25) is 0 Å². The zero-order valence-corrected chi connectivity index (χ0v) is 17.0. The number of aromatic nitrogens is 7. The van der Waals surface area contributed by atoms with Crippen LogP contribution in [0.15, 0.2) is 55.1 Å². The molecule has 0 aromatic carbocycles. The van der Waals surface area contributed by atoms with E-state index in [2.05, 4.69) is 30.1 Å². The maximum Gasteiger partial charge on any atom is 0.177 e. The van der Waals surface area contributed by atoms with Crippen LogP contribution in [0.5, 0.6) is 0 Å². The monoisotopic (exact) mass is 427 g/mol. The molecule has 0 fully saturated rings. The molecule has 0 amide bonds. The number of aryl methyl sites for hydroxylation is 1. The summed E-state index contributed by atoms with van der Waals surface area (Å²) < 4.78 is 13.6. The Balaban J connectivity index is 1.52. The van der Waals surface area contributed by atoms with Gasteiger partial charge in [0.05, 0.1) is 27.8 Å². The summed E-state index contributed by atoms with van der Waals surface area (Å²) in [6.45, 7) is 2.03. The van der Waals surface area contributed by atoms with Crippen molar-refractivity contribution in [3.05, 3.63) is 65.8 Å². The molecule has 0 aliphatic rings. The molecule has 0 saturated heterocycles. The van der Waals surface area contributed by atoms with Crippen molar-refractivity contribution in [3.8, 4) is 33.3 Å². The highest BCUT2D eigenvalue weighted by Gasteiger charge is 2.17. The number of imidazole rings is 1. The fraction of sp³-hybridized carbons (Fsp3) is 0.0455. The molecule has 0 atom stereocenters. The van der Waals surface area contributed by atoms with Gasteiger partial charge in [0, 0.05) is 29.5 Å². The largest absolute Gasteiger partial charge is 0.336 e. The van der Waals surface area contributed by atoms with Crippen LogP contribution >= 0.6 is 11.3 Å². The fourth-order valence-electron chi connectivity index (χ4n) is 3.65. The molecule has 0 bridgehead atoms. The summed E-state index contributed by atoms with van der Waals surface area (Å²) in [7, 11) is 0. The number of hydrogen-bond donors (Lipinski definition) is 2. The molecule has 0 aliphatic heterocycles. The second-order valence-electron chi connectivity index (χ2n) is 7.12. The van der Waals surface area contributed by atoms with Gasteiger partial charge in [0.25, 0.3) is 0 Å². The predicted octanol–water partition coefficient (Wildman–Crippen LogP) is 5.13. The lowest BCUT2D eigenvalue weighted by Crippen LogP contribution is -1.89. The number of rotatable bonds is 3.